The Kier molecular flexibility index (Phi) is 5.85. The van der Waals surface area contributed by atoms with E-state index in [2.05, 4.69) is 10.2 Å². The fourth-order valence-corrected chi connectivity index (χ4v) is 1.24. The summed E-state index contributed by atoms with van der Waals surface area (Å²) in [5.74, 6) is -0.822. The highest BCUT2D eigenvalue weighted by molar-refractivity contribution is 6.02. The second-order valence-electron chi connectivity index (χ2n) is 4.59. The minimum Gasteiger partial charge on any atom is -0.463 e. The Morgan fingerprint density at radius 3 is 2.37 bits per heavy atom. The molecule has 0 fully saturated rings. The summed E-state index contributed by atoms with van der Waals surface area (Å²) in [7, 11) is 0. The molecule has 0 heterocycles. The van der Waals surface area contributed by atoms with E-state index in [-0.39, 0.29) is 18.3 Å². The molecule has 0 spiro atoms. The zero-order valence-corrected chi connectivity index (χ0v) is 11.4. The lowest BCUT2D eigenvalue weighted by Crippen LogP contribution is -2.29. The van der Waals surface area contributed by atoms with Crippen molar-refractivity contribution in [1.82, 2.24) is 0 Å². The second-order valence-corrected chi connectivity index (χ2v) is 4.59. The van der Waals surface area contributed by atoms with Crippen LogP contribution in [0.25, 0.3) is 0 Å². The summed E-state index contributed by atoms with van der Waals surface area (Å²) >= 11 is 0. The predicted octanol–water partition coefficient (Wildman–Crippen LogP) is 2.93. The Bertz CT molecular complexity index is 455. The quantitative estimate of drug-likeness (QED) is 0.449. The van der Waals surface area contributed by atoms with E-state index in [4.69, 9.17) is 4.74 Å². The highest BCUT2D eigenvalue weighted by Gasteiger charge is 2.24. The van der Waals surface area contributed by atoms with Gasteiger partial charge in [0.1, 0.15) is 0 Å². The monoisotopic (exact) mass is 262 g/mol. The summed E-state index contributed by atoms with van der Waals surface area (Å²) in [4.78, 5) is 23.1. The number of carbonyl (C=O) groups excluding carboxylic acids is 2. The first-order chi connectivity index (χ1) is 9.00. The van der Waals surface area contributed by atoms with Crippen molar-refractivity contribution in [3.8, 4) is 0 Å². The van der Waals surface area contributed by atoms with Crippen molar-refractivity contribution in [2.75, 3.05) is 6.61 Å². The molecule has 1 atom stereocenters. The molecule has 102 valence electrons. The third kappa shape index (κ3) is 5.42. The van der Waals surface area contributed by atoms with E-state index in [0.29, 0.717) is 5.69 Å². The van der Waals surface area contributed by atoms with Crippen LogP contribution in [0.4, 0.5) is 5.69 Å². The molecule has 1 unspecified atom stereocenters. The number of Topliss-reactive ketones (excluding diaryl/α,β-unsaturated/α-hetero) is 1. The highest BCUT2D eigenvalue weighted by Crippen LogP contribution is 2.12. The first kappa shape index (κ1) is 15.0. The van der Waals surface area contributed by atoms with Gasteiger partial charge >= 0.3 is 5.97 Å². The molecule has 0 radical (unpaired) electrons. The number of azo groups is 1. The van der Waals surface area contributed by atoms with E-state index in [9.17, 15) is 9.59 Å². The molecule has 19 heavy (non-hydrogen) atoms. The maximum atomic E-state index is 11.7. The van der Waals surface area contributed by atoms with Gasteiger partial charge in [0.2, 0.25) is 6.04 Å². The third-order valence-corrected chi connectivity index (χ3v) is 2.21. The number of carbonyl (C=O) groups is 2. The summed E-state index contributed by atoms with van der Waals surface area (Å²) in [5, 5.41) is 7.65. The van der Waals surface area contributed by atoms with E-state index >= 15 is 0 Å². The summed E-state index contributed by atoms with van der Waals surface area (Å²) in [5.41, 5.74) is 0.588. The number of rotatable bonds is 6. The van der Waals surface area contributed by atoms with E-state index in [1.165, 1.54) is 6.92 Å². The van der Waals surface area contributed by atoms with Crippen molar-refractivity contribution in [2.45, 2.75) is 26.8 Å². The Labute approximate surface area is 112 Å². The Balaban J connectivity index is 2.70. The molecule has 0 aliphatic heterocycles. The number of nitrogens with zero attached hydrogens (tertiary/aromatic N) is 2. The van der Waals surface area contributed by atoms with Crippen LogP contribution in [-0.2, 0) is 14.3 Å². The van der Waals surface area contributed by atoms with Gasteiger partial charge in [-0.2, -0.15) is 10.2 Å². The largest absolute Gasteiger partial charge is 0.463 e. The molecular formula is C14H18N2O3. The molecule has 1 aromatic rings. The minimum atomic E-state index is -1.18. The molecule has 5 nitrogen and oxygen atoms in total. The number of ether oxygens (including phenoxy) is 1. The van der Waals surface area contributed by atoms with Gasteiger partial charge in [-0.1, -0.05) is 32.0 Å². The average molecular weight is 262 g/mol. The fraction of sp³-hybridized carbons (Fsp3) is 0.429. The van der Waals surface area contributed by atoms with Crippen LogP contribution >= 0.6 is 0 Å². The van der Waals surface area contributed by atoms with Gasteiger partial charge in [-0.3, -0.25) is 4.79 Å². The minimum absolute atomic E-state index is 0.211. The van der Waals surface area contributed by atoms with Gasteiger partial charge in [-0.05, 0) is 25.0 Å². The summed E-state index contributed by atoms with van der Waals surface area (Å²) in [6.07, 6.45) is 0. The molecule has 0 saturated carbocycles. The number of hydrogen-bond donors (Lipinski definition) is 0. The lowest BCUT2D eigenvalue weighted by Gasteiger charge is -2.10. The highest BCUT2D eigenvalue weighted by atomic mass is 16.5. The zero-order chi connectivity index (χ0) is 14.3. The predicted molar refractivity (Wildman–Crippen MR) is 71.2 cm³/mol. The lowest BCUT2D eigenvalue weighted by molar-refractivity contribution is -0.148. The van der Waals surface area contributed by atoms with E-state index in [1.54, 1.807) is 24.3 Å². The fourth-order valence-electron chi connectivity index (χ4n) is 1.24. The van der Waals surface area contributed by atoms with Crippen molar-refractivity contribution in [2.24, 2.45) is 16.1 Å². The van der Waals surface area contributed by atoms with Crippen LogP contribution < -0.4 is 0 Å². The van der Waals surface area contributed by atoms with Crippen molar-refractivity contribution in [3.05, 3.63) is 30.3 Å². The van der Waals surface area contributed by atoms with Gasteiger partial charge in [0.05, 0.1) is 12.3 Å². The van der Waals surface area contributed by atoms with Crippen LogP contribution in [0.3, 0.4) is 0 Å². The normalized spacial score (nSPS) is 12.6. The van der Waals surface area contributed by atoms with Gasteiger partial charge in [-0.15, -0.1) is 0 Å². The van der Waals surface area contributed by atoms with Crippen molar-refractivity contribution in [1.29, 1.82) is 0 Å². The molecule has 0 aromatic heterocycles. The summed E-state index contributed by atoms with van der Waals surface area (Å²) in [6, 6.07) is 7.74. The van der Waals surface area contributed by atoms with Crippen LogP contribution in [0.5, 0.6) is 0 Å². The van der Waals surface area contributed by atoms with Gasteiger partial charge in [0.25, 0.3) is 0 Å². The third-order valence-electron chi connectivity index (χ3n) is 2.21. The molecular weight excluding hydrogens is 244 g/mol. The number of esters is 1. The van der Waals surface area contributed by atoms with Crippen LogP contribution in [0.2, 0.25) is 0 Å². The second kappa shape index (κ2) is 7.41. The molecule has 0 aliphatic carbocycles. The summed E-state index contributed by atoms with van der Waals surface area (Å²) < 4.78 is 5.00. The first-order valence-corrected chi connectivity index (χ1v) is 6.13. The SMILES string of the molecule is CC(=O)C(N=Nc1ccccc1)C(=O)OCC(C)C. The van der Waals surface area contributed by atoms with Crippen molar-refractivity contribution >= 4 is 17.4 Å². The molecule has 1 rings (SSSR count). The van der Waals surface area contributed by atoms with E-state index in [0.717, 1.165) is 0 Å². The molecule has 0 bridgehead atoms. The Morgan fingerprint density at radius 1 is 1.21 bits per heavy atom. The van der Waals surface area contributed by atoms with Crippen molar-refractivity contribution < 1.29 is 14.3 Å². The van der Waals surface area contributed by atoms with Gasteiger partial charge in [0, 0.05) is 0 Å². The van der Waals surface area contributed by atoms with E-state index in [1.807, 2.05) is 19.9 Å². The molecule has 1 aromatic carbocycles. The molecule has 5 heteroatoms. The zero-order valence-electron chi connectivity index (χ0n) is 11.4. The van der Waals surface area contributed by atoms with Crippen molar-refractivity contribution in [3.63, 3.8) is 0 Å². The van der Waals surface area contributed by atoms with Crippen LogP contribution in [0.15, 0.2) is 40.6 Å². The van der Waals surface area contributed by atoms with E-state index < -0.39 is 12.0 Å². The average Bonchev–Trinajstić information content (AvgIpc) is 2.37. The molecule has 0 saturated heterocycles. The van der Waals surface area contributed by atoms with Crippen LogP contribution in [-0.4, -0.2) is 24.4 Å². The Hall–Kier alpha value is -2.04. The maximum absolute atomic E-state index is 11.7. The standard InChI is InChI=1S/C14H18N2O3/c1-10(2)9-19-14(18)13(11(3)17)16-15-12-7-5-4-6-8-12/h4-8,10,13H,9H2,1-3H3. The van der Waals surface area contributed by atoms with Gasteiger partial charge < -0.3 is 4.74 Å². The number of ketones is 1. The number of benzene rings is 1. The maximum Gasteiger partial charge on any atom is 0.340 e. The molecule has 0 aliphatic rings. The topological polar surface area (TPSA) is 68.1 Å². The van der Waals surface area contributed by atoms with Crippen LogP contribution in [0, 0.1) is 5.92 Å². The van der Waals surface area contributed by atoms with Gasteiger partial charge in [-0.25, -0.2) is 4.79 Å². The number of hydrogen-bond acceptors (Lipinski definition) is 5. The Morgan fingerprint density at radius 2 is 1.84 bits per heavy atom. The molecule has 0 amide bonds. The lowest BCUT2D eigenvalue weighted by atomic mass is 10.2. The summed E-state index contributed by atoms with van der Waals surface area (Å²) in [6.45, 7) is 5.40. The smallest absolute Gasteiger partial charge is 0.340 e. The van der Waals surface area contributed by atoms with Gasteiger partial charge in [0.15, 0.2) is 5.78 Å². The first-order valence-electron chi connectivity index (χ1n) is 6.13. The molecule has 0 N–H and O–H groups in total. The van der Waals surface area contributed by atoms with Crippen LogP contribution in [0.1, 0.15) is 20.8 Å².